The van der Waals surface area contributed by atoms with Crippen molar-refractivity contribution in [2.75, 3.05) is 42.9 Å². The summed E-state index contributed by atoms with van der Waals surface area (Å²) in [6.07, 6.45) is 1.95. The van der Waals surface area contributed by atoms with E-state index in [-0.39, 0.29) is 24.8 Å². The summed E-state index contributed by atoms with van der Waals surface area (Å²) >= 11 is 0. The molecule has 38 heavy (non-hydrogen) atoms. The van der Waals surface area contributed by atoms with Crippen LogP contribution in [0.5, 0.6) is 11.8 Å². The fraction of sp³-hybridized carbons (Fsp3) is 0.346. The molecule has 1 aliphatic carbocycles. The van der Waals surface area contributed by atoms with Crippen LogP contribution in [0.25, 0.3) is 12.2 Å². The van der Waals surface area contributed by atoms with Crippen LogP contribution >= 0.6 is 0 Å². The molecule has 8 nitrogen and oxygen atoms in total. The topological polar surface area (TPSA) is 82.2 Å². The highest BCUT2D eigenvalue weighted by molar-refractivity contribution is 5.66. The van der Waals surface area contributed by atoms with Crippen LogP contribution in [0.15, 0.2) is 35.9 Å². The number of aromatic nitrogens is 4. The summed E-state index contributed by atoms with van der Waals surface area (Å²) in [5.41, 5.74) is 3.21. The Labute approximate surface area is 217 Å². The van der Waals surface area contributed by atoms with Crippen LogP contribution in [0.4, 0.5) is 35.0 Å². The van der Waals surface area contributed by atoms with Crippen molar-refractivity contribution >= 4 is 29.6 Å². The van der Waals surface area contributed by atoms with Crippen LogP contribution < -0.4 is 15.0 Å². The number of allylic oxidation sites excluding steroid dienone is 2. The van der Waals surface area contributed by atoms with Crippen molar-refractivity contribution in [3.05, 3.63) is 58.6 Å². The third-order valence-electron chi connectivity index (χ3n) is 6.29. The van der Waals surface area contributed by atoms with Gasteiger partial charge >= 0.3 is 12.2 Å². The second-order valence-corrected chi connectivity index (χ2v) is 9.33. The van der Waals surface area contributed by atoms with Gasteiger partial charge in [-0.25, -0.2) is 4.39 Å². The third-order valence-corrected chi connectivity index (χ3v) is 6.29. The minimum atomic E-state index is -4.25. The number of rotatable bonds is 7. The molecule has 3 heterocycles. The minimum absolute atomic E-state index is 0.0112. The van der Waals surface area contributed by atoms with Gasteiger partial charge in [-0.05, 0) is 38.0 Å². The highest BCUT2D eigenvalue weighted by atomic mass is 19.4. The zero-order chi connectivity index (χ0) is 26.9. The Morgan fingerprint density at radius 2 is 1.89 bits per heavy atom. The number of nitrogens with one attached hydrogen (secondary N) is 2. The number of aromatic amines is 1. The van der Waals surface area contributed by atoms with Gasteiger partial charge in [0.1, 0.15) is 11.6 Å². The molecule has 200 valence electrons. The van der Waals surface area contributed by atoms with Gasteiger partial charge in [-0.3, -0.25) is 10.00 Å². The summed E-state index contributed by atoms with van der Waals surface area (Å²) in [6, 6.07) is 6.73. The van der Waals surface area contributed by atoms with E-state index in [0.29, 0.717) is 42.5 Å². The van der Waals surface area contributed by atoms with E-state index in [9.17, 15) is 13.2 Å². The molecule has 0 radical (unpaired) electrons. The van der Waals surface area contributed by atoms with Gasteiger partial charge in [0.25, 0.3) is 0 Å². The molecule has 5 rings (SSSR count). The van der Waals surface area contributed by atoms with Gasteiger partial charge < -0.3 is 15.0 Å². The van der Waals surface area contributed by atoms with E-state index in [1.807, 2.05) is 37.0 Å². The summed E-state index contributed by atoms with van der Waals surface area (Å²) in [4.78, 5) is 12.1. The SMILES string of the molecule is C/C=C/c1cc(Nc2cc(N3CCN(CC(F)(F)F)CC3)nc(Oc3ccc4c(c3F)C=C(C)C4)n2)n[nH]1. The van der Waals surface area contributed by atoms with Gasteiger partial charge in [0, 0.05) is 43.9 Å². The molecule has 0 unspecified atom stereocenters. The molecule has 0 atom stereocenters. The number of ether oxygens (including phenoxy) is 1. The molecule has 12 heteroatoms. The first-order chi connectivity index (χ1) is 18.2. The second-order valence-electron chi connectivity index (χ2n) is 9.33. The maximum atomic E-state index is 15.2. The van der Waals surface area contributed by atoms with Crippen LogP contribution in [-0.2, 0) is 6.42 Å². The largest absolute Gasteiger partial charge is 0.421 e. The smallest absolute Gasteiger partial charge is 0.401 e. The van der Waals surface area contributed by atoms with E-state index in [0.717, 1.165) is 16.8 Å². The molecule has 2 aromatic heterocycles. The number of hydrogen-bond donors (Lipinski definition) is 2. The maximum Gasteiger partial charge on any atom is 0.401 e. The van der Waals surface area contributed by atoms with Crippen LogP contribution in [-0.4, -0.2) is 64.0 Å². The van der Waals surface area contributed by atoms with Crippen molar-refractivity contribution in [3.8, 4) is 11.8 Å². The molecule has 0 bridgehead atoms. The summed E-state index contributed by atoms with van der Waals surface area (Å²) < 4.78 is 59.5. The molecule has 2 aliphatic rings. The molecule has 0 amide bonds. The van der Waals surface area contributed by atoms with Gasteiger partial charge in [0.2, 0.25) is 0 Å². The summed E-state index contributed by atoms with van der Waals surface area (Å²) in [5.74, 6) is 0.784. The first-order valence-electron chi connectivity index (χ1n) is 12.2. The molecular formula is C26H27F4N7O. The van der Waals surface area contributed by atoms with Crippen molar-refractivity contribution in [1.82, 2.24) is 25.1 Å². The first-order valence-corrected chi connectivity index (χ1v) is 12.2. The average Bonchev–Trinajstić information content (AvgIpc) is 3.46. The molecule has 1 fully saturated rings. The number of alkyl halides is 3. The average molecular weight is 530 g/mol. The van der Waals surface area contributed by atoms with Crippen molar-refractivity contribution in [2.45, 2.75) is 26.4 Å². The number of fused-ring (bicyclic) bond motifs is 1. The van der Waals surface area contributed by atoms with E-state index in [1.165, 1.54) is 4.90 Å². The lowest BCUT2D eigenvalue weighted by Gasteiger charge is -2.35. The number of benzene rings is 1. The Kier molecular flexibility index (Phi) is 7.06. The predicted octanol–water partition coefficient (Wildman–Crippen LogP) is 5.55. The summed E-state index contributed by atoms with van der Waals surface area (Å²) in [6.45, 7) is 3.98. The standard InChI is InChI=1S/C26H27F4N7O/c1-3-4-18-13-22(35-34-18)31-21-14-23(37-9-7-36(8-10-37)15-26(28,29)30)33-25(32-21)38-20-6-5-17-11-16(2)12-19(17)24(20)27/h3-6,12-14H,7-11,15H2,1-2H3,(H2,31,32,33,34,35)/b4-3+. The Bertz CT molecular complexity index is 1370. The van der Waals surface area contributed by atoms with Crippen molar-refractivity contribution < 1.29 is 22.3 Å². The second kappa shape index (κ2) is 10.4. The molecule has 0 spiro atoms. The highest BCUT2D eigenvalue weighted by Crippen LogP contribution is 2.34. The third kappa shape index (κ3) is 5.96. The van der Waals surface area contributed by atoms with Crippen LogP contribution in [0.1, 0.15) is 30.7 Å². The van der Waals surface area contributed by atoms with Gasteiger partial charge in [-0.2, -0.15) is 28.2 Å². The molecule has 1 aliphatic heterocycles. The molecule has 2 N–H and O–H groups in total. The van der Waals surface area contributed by atoms with E-state index in [1.54, 1.807) is 24.3 Å². The zero-order valence-electron chi connectivity index (χ0n) is 20.9. The van der Waals surface area contributed by atoms with E-state index < -0.39 is 18.5 Å². The first kappa shape index (κ1) is 25.7. The monoisotopic (exact) mass is 529 g/mol. The number of nitrogens with zero attached hydrogens (tertiary/aromatic N) is 5. The van der Waals surface area contributed by atoms with Gasteiger partial charge in [0.05, 0.1) is 12.2 Å². The number of halogens is 4. The van der Waals surface area contributed by atoms with Crippen LogP contribution in [0.2, 0.25) is 0 Å². The van der Waals surface area contributed by atoms with Crippen LogP contribution in [0, 0.1) is 5.82 Å². The van der Waals surface area contributed by atoms with E-state index in [2.05, 4.69) is 25.5 Å². The number of hydrogen-bond acceptors (Lipinski definition) is 7. The molecular weight excluding hydrogens is 502 g/mol. The zero-order valence-corrected chi connectivity index (χ0v) is 20.9. The maximum absolute atomic E-state index is 15.2. The van der Waals surface area contributed by atoms with E-state index >= 15 is 4.39 Å². The summed E-state index contributed by atoms with van der Waals surface area (Å²) in [5, 5.41) is 10.2. The van der Waals surface area contributed by atoms with Gasteiger partial charge in [0.15, 0.2) is 17.4 Å². The number of piperazine rings is 1. The Morgan fingerprint density at radius 1 is 1.11 bits per heavy atom. The van der Waals surface area contributed by atoms with Crippen LogP contribution in [0.3, 0.4) is 0 Å². The van der Waals surface area contributed by atoms with E-state index in [4.69, 9.17) is 4.74 Å². The minimum Gasteiger partial charge on any atom is -0.421 e. The lowest BCUT2D eigenvalue weighted by molar-refractivity contribution is -0.146. The molecule has 3 aromatic rings. The van der Waals surface area contributed by atoms with Gasteiger partial charge in [-0.1, -0.05) is 23.8 Å². The Balaban J connectivity index is 1.41. The van der Waals surface area contributed by atoms with Crippen molar-refractivity contribution in [1.29, 1.82) is 0 Å². The fourth-order valence-corrected chi connectivity index (χ4v) is 4.57. The van der Waals surface area contributed by atoms with Crippen molar-refractivity contribution in [3.63, 3.8) is 0 Å². The van der Waals surface area contributed by atoms with Gasteiger partial charge in [-0.15, -0.1) is 0 Å². The lowest BCUT2D eigenvalue weighted by Crippen LogP contribution is -2.49. The normalized spacial score (nSPS) is 16.2. The Hall–Kier alpha value is -3.93. The lowest BCUT2D eigenvalue weighted by atomic mass is 10.1. The number of H-pyrrole nitrogens is 1. The Morgan fingerprint density at radius 3 is 2.63 bits per heavy atom. The molecule has 1 saturated heterocycles. The molecule has 0 saturated carbocycles. The fourth-order valence-electron chi connectivity index (χ4n) is 4.57. The van der Waals surface area contributed by atoms with Crippen molar-refractivity contribution in [2.24, 2.45) is 0 Å². The molecule has 1 aromatic carbocycles. The summed E-state index contributed by atoms with van der Waals surface area (Å²) in [7, 11) is 0. The predicted molar refractivity (Wildman–Crippen MR) is 137 cm³/mol. The quantitative estimate of drug-likeness (QED) is 0.388. The highest BCUT2D eigenvalue weighted by Gasteiger charge is 2.32. The number of anilines is 3.